The first-order valence-corrected chi connectivity index (χ1v) is 9.79. The van der Waals surface area contributed by atoms with Gasteiger partial charge in [0.05, 0.1) is 5.25 Å². The molecule has 7 heteroatoms. The molecule has 2 aromatic carbocycles. The first-order chi connectivity index (χ1) is 13.1. The van der Waals surface area contributed by atoms with E-state index < -0.39 is 0 Å². The van der Waals surface area contributed by atoms with Crippen LogP contribution >= 0.6 is 11.8 Å². The zero-order chi connectivity index (χ0) is 19.0. The number of aromatic nitrogens is 4. The number of fused-ring (bicyclic) bond motifs is 3. The van der Waals surface area contributed by atoms with Crippen LogP contribution in [0.1, 0.15) is 13.8 Å². The number of anilines is 1. The summed E-state index contributed by atoms with van der Waals surface area (Å²) in [7, 11) is 1.87. The topological polar surface area (TPSA) is 64.7 Å². The lowest BCUT2D eigenvalue weighted by molar-refractivity contribution is -0.115. The molecule has 0 saturated heterocycles. The van der Waals surface area contributed by atoms with Gasteiger partial charge >= 0.3 is 0 Å². The van der Waals surface area contributed by atoms with Crippen LogP contribution < -0.4 is 5.32 Å². The summed E-state index contributed by atoms with van der Waals surface area (Å²) < 4.78 is 4.10. The summed E-state index contributed by atoms with van der Waals surface area (Å²) in [6, 6.07) is 14.5. The Labute approximate surface area is 161 Å². The third-order valence-corrected chi connectivity index (χ3v) is 5.83. The van der Waals surface area contributed by atoms with Crippen molar-refractivity contribution >= 4 is 45.2 Å². The van der Waals surface area contributed by atoms with Crippen molar-refractivity contribution in [2.45, 2.75) is 30.8 Å². The van der Waals surface area contributed by atoms with E-state index in [4.69, 9.17) is 0 Å². The van der Waals surface area contributed by atoms with Gasteiger partial charge in [0.15, 0.2) is 5.16 Å². The smallest absolute Gasteiger partial charge is 0.237 e. The average molecular weight is 379 g/mol. The number of nitrogens with one attached hydrogen (secondary N) is 1. The van der Waals surface area contributed by atoms with E-state index >= 15 is 0 Å². The van der Waals surface area contributed by atoms with Crippen molar-refractivity contribution in [2.24, 2.45) is 7.05 Å². The Bertz CT molecular complexity index is 1130. The monoisotopic (exact) mass is 379 g/mol. The fraction of sp³-hybridized carbons (Fsp3) is 0.250. The van der Waals surface area contributed by atoms with Crippen molar-refractivity contribution < 1.29 is 4.79 Å². The number of para-hydroxylation sites is 1. The lowest BCUT2D eigenvalue weighted by atomic mass is 10.1. The van der Waals surface area contributed by atoms with E-state index in [-0.39, 0.29) is 11.2 Å². The number of amides is 1. The molecule has 0 fully saturated rings. The Balaban J connectivity index is 1.61. The van der Waals surface area contributed by atoms with Crippen molar-refractivity contribution in [3.05, 3.63) is 48.8 Å². The maximum absolute atomic E-state index is 12.6. The van der Waals surface area contributed by atoms with E-state index in [0.29, 0.717) is 0 Å². The molecule has 0 aliphatic carbocycles. The molecule has 0 aliphatic heterocycles. The molecule has 1 N–H and O–H groups in total. The number of hydrogen-bond acceptors (Lipinski definition) is 4. The van der Waals surface area contributed by atoms with Gasteiger partial charge in [0, 0.05) is 41.1 Å². The molecule has 138 valence electrons. The summed E-state index contributed by atoms with van der Waals surface area (Å²) in [5.74, 6) is -0.0541. The fourth-order valence-corrected chi connectivity index (χ4v) is 4.10. The van der Waals surface area contributed by atoms with Crippen LogP contribution in [0.2, 0.25) is 0 Å². The van der Waals surface area contributed by atoms with Gasteiger partial charge in [-0.15, -0.1) is 10.2 Å². The van der Waals surface area contributed by atoms with Gasteiger partial charge < -0.3 is 14.5 Å². The molecule has 1 amide bonds. The highest BCUT2D eigenvalue weighted by Crippen LogP contribution is 2.31. The first kappa shape index (κ1) is 17.6. The van der Waals surface area contributed by atoms with Crippen LogP contribution in [-0.2, 0) is 18.4 Å². The number of carbonyl (C=O) groups is 1. The van der Waals surface area contributed by atoms with Gasteiger partial charge in [0.25, 0.3) is 0 Å². The summed E-state index contributed by atoms with van der Waals surface area (Å²) >= 11 is 1.39. The van der Waals surface area contributed by atoms with Crippen LogP contribution in [0, 0.1) is 0 Å². The van der Waals surface area contributed by atoms with Crippen LogP contribution in [0.5, 0.6) is 0 Å². The summed E-state index contributed by atoms with van der Waals surface area (Å²) in [6.45, 7) is 4.92. The number of thioether (sulfide) groups is 1. The van der Waals surface area contributed by atoms with E-state index in [1.807, 2.05) is 26.1 Å². The van der Waals surface area contributed by atoms with Gasteiger partial charge in [-0.3, -0.25) is 4.79 Å². The van der Waals surface area contributed by atoms with Gasteiger partial charge in [-0.2, -0.15) is 0 Å². The third kappa shape index (κ3) is 3.19. The predicted octanol–water partition coefficient (Wildman–Crippen LogP) is 4.06. The van der Waals surface area contributed by atoms with Crippen LogP contribution in [-0.4, -0.2) is 30.5 Å². The molecular weight excluding hydrogens is 358 g/mol. The molecule has 2 heterocycles. The molecule has 4 aromatic rings. The zero-order valence-corrected chi connectivity index (χ0v) is 16.3. The quantitative estimate of drug-likeness (QED) is 0.531. The number of carbonyl (C=O) groups excluding carboxylic acids is 1. The highest BCUT2D eigenvalue weighted by Gasteiger charge is 2.18. The number of hydrogen-bond donors (Lipinski definition) is 1. The highest BCUT2D eigenvalue weighted by molar-refractivity contribution is 8.00. The Hall–Kier alpha value is -2.80. The second-order valence-electron chi connectivity index (χ2n) is 6.47. The summed E-state index contributed by atoms with van der Waals surface area (Å²) in [4.78, 5) is 12.6. The minimum atomic E-state index is -0.277. The average Bonchev–Trinajstić information content (AvgIpc) is 3.22. The molecular formula is C20H21N5OS. The predicted molar refractivity (Wildman–Crippen MR) is 110 cm³/mol. The van der Waals surface area contributed by atoms with Crippen molar-refractivity contribution in [3.63, 3.8) is 0 Å². The standard InChI is InChI=1S/C20H21N5OS/c1-4-25-17-8-6-5-7-15(17)16-11-14(9-10-18(16)25)22-19(26)13(2)27-20-23-21-12-24(20)3/h5-13H,4H2,1-3H3,(H,22,26). The maximum atomic E-state index is 12.6. The molecule has 1 unspecified atom stereocenters. The van der Waals surface area contributed by atoms with Gasteiger partial charge in [0.1, 0.15) is 6.33 Å². The molecule has 0 spiro atoms. The van der Waals surface area contributed by atoms with Crippen molar-refractivity contribution in [2.75, 3.05) is 5.32 Å². The van der Waals surface area contributed by atoms with Crippen LogP contribution in [0.25, 0.3) is 21.8 Å². The highest BCUT2D eigenvalue weighted by atomic mass is 32.2. The van der Waals surface area contributed by atoms with Gasteiger partial charge in [-0.1, -0.05) is 30.0 Å². The number of nitrogens with zero attached hydrogens (tertiary/aromatic N) is 4. The third-order valence-electron chi connectivity index (χ3n) is 4.68. The van der Waals surface area contributed by atoms with Gasteiger partial charge in [-0.25, -0.2) is 0 Å². The first-order valence-electron chi connectivity index (χ1n) is 8.91. The van der Waals surface area contributed by atoms with Crippen LogP contribution in [0.15, 0.2) is 53.9 Å². The number of benzene rings is 2. The van der Waals surface area contributed by atoms with E-state index in [2.05, 4.69) is 57.3 Å². The van der Waals surface area contributed by atoms with E-state index in [9.17, 15) is 4.79 Å². The minimum absolute atomic E-state index is 0.0541. The molecule has 1 atom stereocenters. The van der Waals surface area contributed by atoms with E-state index in [0.717, 1.165) is 22.8 Å². The van der Waals surface area contributed by atoms with E-state index in [1.54, 1.807) is 10.9 Å². The normalized spacial score (nSPS) is 12.6. The zero-order valence-electron chi connectivity index (χ0n) is 15.5. The molecule has 0 saturated carbocycles. The maximum Gasteiger partial charge on any atom is 0.237 e. The molecule has 0 radical (unpaired) electrons. The molecule has 4 rings (SSSR count). The van der Waals surface area contributed by atoms with Gasteiger partial charge in [-0.05, 0) is 38.1 Å². The van der Waals surface area contributed by atoms with Crippen molar-refractivity contribution in [1.29, 1.82) is 0 Å². The Morgan fingerprint density at radius 1 is 1.19 bits per heavy atom. The van der Waals surface area contributed by atoms with E-state index in [1.165, 1.54) is 28.2 Å². The number of rotatable bonds is 5. The second-order valence-corrected chi connectivity index (χ2v) is 7.78. The largest absolute Gasteiger partial charge is 0.341 e. The lowest BCUT2D eigenvalue weighted by Crippen LogP contribution is -2.22. The summed E-state index contributed by atoms with van der Waals surface area (Å²) in [5, 5.41) is 13.7. The number of aryl methyl sites for hydroxylation is 2. The summed E-state index contributed by atoms with van der Waals surface area (Å²) in [6.07, 6.45) is 1.63. The second kappa shape index (κ2) is 7.08. The molecule has 27 heavy (non-hydrogen) atoms. The minimum Gasteiger partial charge on any atom is -0.341 e. The molecule has 6 nitrogen and oxygen atoms in total. The van der Waals surface area contributed by atoms with Crippen LogP contribution in [0.3, 0.4) is 0 Å². The van der Waals surface area contributed by atoms with Crippen LogP contribution in [0.4, 0.5) is 5.69 Å². The Kier molecular flexibility index (Phi) is 4.61. The van der Waals surface area contributed by atoms with Crippen molar-refractivity contribution in [1.82, 2.24) is 19.3 Å². The van der Waals surface area contributed by atoms with Crippen molar-refractivity contribution in [3.8, 4) is 0 Å². The molecule has 0 bridgehead atoms. The lowest BCUT2D eigenvalue weighted by Gasteiger charge is -2.11. The SMILES string of the molecule is CCn1c2ccccc2c2cc(NC(=O)C(C)Sc3nncn3C)ccc21. The van der Waals surface area contributed by atoms with Gasteiger partial charge in [0.2, 0.25) is 5.91 Å². The summed E-state index contributed by atoms with van der Waals surface area (Å²) in [5.41, 5.74) is 3.19. The molecule has 2 aromatic heterocycles. The molecule has 0 aliphatic rings. The Morgan fingerprint density at radius 3 is 2.70 bits per heavy atom. The Morgan fingerprint density at radius 2 is 1.96 bits per heavy atom. The fourth-order valence-electron chi connectivity index (χ4n) is 3.31.